The minimum atomic E-state index is 0.116. The topological polar surface area (TPSA) is 58.0 Å². The van der Waals surface area contributed by atoms with Crippen molar-refractivity contribution in [1.29, 1.82) is 0 Å². The molecule has 1 rings (SSSR count). The number of aromatic nitrogens is 2. The third kappa shape index (κ3) is 2.39. The maximum atomic E-state index is 8.64. The molecular weight excluding hydrogens is 166 g/mol. The fraction of sp³-hybridized carbons (Fsp3) is 0.556. The Kier molecular flexibility index (Phi) is 3.64. The summed E-state index contributed by atoms with van der Waals surface area (Å²) in [5, 5.41) is 11.7. The lowest BCUT2D eigenvalue weighted by Gasteiger charge is -2.08. The highest BCUT2D eigenvalue weighted by Gasteiger charge is 2.03. The number of aliphatic hydroxyl groups is 1. The van der Waals surface area contributed by atoms with Gasteiger partial charge in [0.2, 0.25) is 0 Å². The van der Waals surface area contributed by atoms with Gasteiger partial charge in [0, 0.05) is 17.8 Å². The van der Waals surface area contributed by atoms with E-state index in [1.807, 2.05) is 6.92 Å². The Labute approximate surface area is 78.0 Å². The molecule has 0 aliphatic rings. The number of hydrogen-bond acceptors (Lipinski definition) is 4. The quantitative estimate of drug-likeness (QED) is 0.719. The Balaban J connectivity index is 2.81. The predicted octanol–water partition coefficient (Wildman–Crippen LogP) is 0.752. The van der Waals surface area contributed by atoms with Crippen LogP contribution in [-0.4, -0.2) is 28.2 Å². The zero-order chi connectivity index (χ0) is 9.68. The predicted molar refractivity (Wildman–Crippen MR) is 51.7 cm³/mol. The van der Waals surface area contributed by atoms with Gasteiger partial charge in [0.05, 0.1) is 6.61 Å². The lowest BCUT2D eigenvalue weighted by Crippen LogP contribution is -2.09. The van der Waals surface area contributed by atoms with Crippen LogP contribution in [0.5, 0.6) is 0 Å². The fourth-order valence-corrected chi connectivity index (χ4v) is 1.20. The molecule has 0 aromatic carbocycles. The van der Waals surface area contributed by atoms with Gasteiger partial charge < -0.3 is 10.4 Å². The zero-order valence-corrected chi connectivity index (χ0v) is 8.04. The smallest absolute Gasteiger partial charge is 0.132 e. The molecule has 2 N–H and O–H groups in total. The van der Waals surface area contributed by atoms with Crippen LogP contribution in [0, 0.1) is 6.92 Å². The Morgan fingerprint density at radius 1 is 1.46 bits per heavy atom. The van der Waals surface area contributed by atoms with E-state index in [-0.39, 0.29) is 6.61 Å². The lowest BCUT2D eigenvalue weighted by molar-refractivity contribution is 0.311. The van der Waals surface area contributed by atoms with Crippen LogP contribution in [0.25, 0.3) is 0 Å². The van der Waals surface area contributed by atoms with Crippen molar-refractivity contribution in [2.24, 2.45) is 0 Å². The van der Waals surface area contributed by atoms with Crippen molar-refractivity contribution in [3.05, 3.63) is 17.6 Å². The van der Waals surface area contributed by atoms with Crippen molar-refractivity contribution in [2.75, 3.05) is 18.5 Å². The number of anilines is 1. The Hall–Kier alpha value is -1.16. The van der Waals surface area contributed by atoms with Gasteiger partial charge >= 0.3 is 0 Å². The molecule has 0 aliphatic heterocycles. The van der Waals surface area contributed by atoms with Gasteiger partial charge in [-0.3, -0.25) is 0 Å². The molecule has 0 atom stereocenters. The largest absolute Gasteiger partial charge is 0.395 e. The molecule has 1 aromatic rings. The van der Waals surface area contributed by atoms with E-state index in [1.54, 1.807) is 6.33 Å². The van der Waals surface area contributed by atoms with Crippen LogP contribution in [0.1, 0.15) is 18.2 Å². The molecule has 0 bridgehead atoms. The van der Waals surface area contributed by atoms with Crippen molar-refractivity contribution >= 4 is 5.82 Å². The summed E-state index contributed by atoms with van der Waals surface area (Å²) in [6.45, 7) is 4.69. The number of nitrogens with one attached hydrogen (secondary N) is 1. The molecular formula is C9H15N3O. The number of aryl methyl sites for hydroxylation is 1. The van der Waals surface area contributed by atoms with Crippen LogP contribution in [0.4, 0.5) is 5.82 Å². The van der Waals surface area contributed by atoms with Gasteiger partial charge in [-0.1, -0.05) is 6.92 Å². The normalized spacial score (nSPS) is 10.1. The van der Waals surface area contributed by atoms with Crippen molar-refractivity contribution in [3.63, 3.8) is 0 Å². The van der Waals surface area contributed by atoms with Crippen LogP contribution in [0.15, 0.2) is 6.33 Å². The van der Waals surface area contributed by atoms with E-state index in [0.717, 1.165) is 23.5 Å². The van der Waals surface area contributed by atoms with Crippen molar-refractivity contribution in [3.8, 4) is 0 Å². The van der Waals surface area contributed by atoms with Crippen LogP contribution < -0.4 is 5.32 Å². The van der Waals surface area contributed by atoms with Crippen LogP contribution in [-0.2, 0) is 6.42 Å². The van der Waals surface area contributed by atoms with E-state index in [2.05, 4.69) is 22.2 Å². The summed E-state index contributed by atoms with van der Waals surface area (Å²) >= 11 is 0. The molecule has 0 radical (unpaired) electrons. The third-order valence-corrected chi connectivity index (χ3v) is 1.93. The summed E-state index contributed by atoms with van der Waals surface area (Å²) in [7, 11) is 0. The Morgan fingerprint density at radius 2 is 2.23 bits per heavy atom. The molecule has 13 heavy (non-hydrogen) atoms. The molecule has 0 spiro atoms. The molecule has 1 aromatic heterocycles. The van der Waals surface area contributed by atoms with Gasteiger partial charge in [-0.15, -0.1) is 0 Å². The molecule has 4 heteroatoms. The molecule has 72 valence electrons. The second kappa shape index (κ2) is 4.77. The molecule has 0 unspecified atom stereocenters. The second-order valence-corrected chi connectivity index (χ2v) is 2.80. The van der Waals surface area contributed by atoms with Gasteiger partial charge in [-0.05, 0) is 13.3 Å². The maximum Gasteiger partial charge on any atom is 0.132 e. The SMILES string of the molecule is CCc1ncnc(NCCO)c1C. The van der Waals surface area contributed by atoms with E-state index in [9.17, 15) is 0 Å². The second-order valence-electron chi connectivity index (χ2n) is 2.80. The highest BCUT2D eigenvalue weighted by atomic mass is 16.3. The molecule has 4 nitrogen and oxygen atoms in total. The van der Waals surface area contributed by atoms with Crippen LogP contribution >= 0.6 is 0 Å². The highest BCUT2D eigenvalue weighted by molar-refractivity contribution is 5.44. The van der Waals surface area contributed by atoms with E-state index in [0.29, 0.717) is 6.54 Å². The van der Waals surface area contributed by atoms with Crippen molar-refractivity contribution in [1.82, 2.24) is 9.97 Å². The number of hydrogen-bond donors (Lipinski definition) is 2. The number of rotatable bonds is 4. The fourth-order valence-electron chi connectivity index (χ4n) is 1.20. The van der Waals surface area contributed by atoms with Crippen molar-refractivity contribution < 1.29 is 5.11 Å². The first-order valence-electron chi connectivity index (χ1n) is 4.44. The molecule has 0 fully saturated rings. The number of aliphatic hydroxyl groups excluding tert-OH is 1. The first kappa shape index (κ1) is 9.92. The van der Waals surface area contributed by atoms with Gasteiger partial charge in [0.1, 0.15) is 12.1 Å². The first-order chi connectivity index (χ1) is 6.29. The van der Waals surface area contributed by atoms with Crippen LogP contribution in [0.2, 0.25) is 0 Å². The average molecular weight is 181 g/mol. The van der Waals surface area contributed by atoms with Gasteiger partial charge in [0.15, 0.2) is 0 Å². The van der Waals surface area contributed by atoms with E-state index in [1.165, 1.54) is 0 Å². The zero-order valence-electron chi connectivity index (χ0n) is 8.04. The molecule has 0 saturated heterocycles. The van der Waals surface area contributed by atoms with E-state index < -0.39 is 0 Å². The molecule has 0 saturated carbocycles. The standard InChI is InChI=1S/C9H15N3O/c1-3-8-7(2)9(10-4-5-13)12-6-11-8/h6,13H,3-5H2,1-2H3,(H,10,11,12). The molecule has 0 amide bonds. The number of nitrogens with zero attached hydrogens (tertiary/aromatic N) is 2. The summed E-state index contributed by atoms with van der Waals surface area (Å²) in [6.07, 6.45) is 2.45. The van der Waals surface area contributed by atoms with E-state index >= 15 is 0 Å². The Bertz CT molecular complexity index is 276. The van der Waals surface area contributed by atoms with Gasteiger partial charge in [-0.2, -0.15) is 0 Å². The average Bonchev–Trinajstić information content (AvgIpc) is 2.16. The van der Waals surface area contributed by atoms with Crippen molar-refractivity contribution in [2.45, 2.75) is 20.3 Å². The van der Waals surface area contributed by atoms with Gasteiger partial charge in [0.25, 0.3) is 0 Å². The minimum Gasteiger partial charge on any atom is -0.395 e. The molecule has 1 heterocycles. The van der Waals surface area contributed by atoms with E-state index in [4.69, 9.17) is 5.11 Å². The Morgan fingerprint density at radius 3 is 2.85 bits per heavy atom. The summed E-state index contributed by atoms with van der Waals surface area (Å²) in [5.41, 5.74) is 2.12. The first-order valence-corrected chi connectivity index (χ1v) is 4.44. The summed E-state index contributed by atoms with van der Waals surface area (Å²) in [5.74, 6) is 0.820. The minimum absolute atomic E-state index is 0.116. The van der Waals surface area contributed by atoms with Gasteiger partial charge in [-0.25, -0.2) is 9.97 Å². The van der Waals surface area contributed by atoms with Crippen LogP contribution in [0.3, 0.4) is 0 Å². The lowest BCUT2D eigenvalue weighted by atomic mass is 10.2. The highest BCUT2D eigenvalue weighted by Crippen LogP contribution is 2.13. The molecule has 0 aliphatic carbocycles. The summed E-state index contributed by atoms with van der Waals surface area (Å²) in [6, 6.07) is 0. The summed E-state index contributed by atoms with van der Waals surface area (Å²) < 4.78 is 0. The third-order valence-electron chi connectivity index (χ3n) is 1.93. The monoisotopic (exact) mass is 181 g/mol. The summed E-state index contributed by atoms with van der Waals surface area (Å²) in [4.78, 5) is 8.24. The maximum absolute atomic E-state index is 8.64.